The fraction of sp³-hybridized carbons (Fsp3) is 0.440. The third kappa shape index (κ3) is 4.17. The second-order valence-corrected chi connectivity index (χ2v) is 9.27. The van der Waals surface area contributed by atoms with Gasteiger partial charge in [-0.05, 0) is 55.8 Å². The number of aliphatic hydroxyl groups is 1. The summed E-state index contributed by atoms with van der Waals surface area (Å²) >= 11 is 0. The van der Waals surface area contributed by atoms with E-state index < -0.39 is 0 Å². The van der Waals surface area contributed by atoms with Gasteiger partial charge >= 0.3 is 0 Å². The van der Waals surface area contributed by atoms with E-state index in [9.17, 15) is 5.11 Å². The lowest BCUT2D eigenvalue weighted by molar-refractivity contribution is 0.210. The lowest BCUT2D eigenvalue weighted by atomic mass is 10.1. The summed E-state index contributed by atoms with van der Waals surface area (Å²) < 4.78 is 4.23. The molecule has 1 fully saturated rings. The molecule has 0 radical (unpaired) electrons. The van der Waals surface area contributed by atoms with Gasteiger partial charge in [-0.2, -0.15) is 10.2 Å². The topological polar surface area (TPSA) is 87.1 Å². The van der Waals surface area contributed by atoms with E-state index in [1.807, 2.05) is 40.4 Å². The maximum atomic E-state index is 9.17. The summed E-state index contributed by atoms with van der Waals surface area (Å²) in [5, 5.41) is 20.3. The van der Waals surface area contributed by atoms with Gasteiger partial charge in [0.05, 0.1) is 54.0 Å². The number of hydrogen-bond donors (Lipinski definition) is 1. The third-order valence-electron chi connectivity index (χ3n) is 6.94. The first kappa shape index (κ1) is 21.2. The molecule has 3 aromatic heterocycles. The van der Waals surface area contributed by atoms with Crippen LogP contribution in [0.25, 0.3) is 16.7 Å². The van der Waals surface area contributed by atoms with E-state index in [1.54, 1.807) is 0 Å². The Morgan fingerprint density at radius 3 is 2.79 bits per heavy atom. The van der Waals surface area contributed by atoms with Gasteiger partial charge in [-0.1, -0.05) is 6.07 Å². The van der Waals surface area contributed by atoms with Crippen LogP contribution in [0.1, 0.15) is 35.7 Å². The van der Waals surface area contributed by atoms with Gasteiger partial charge in [-0.25, -0.2) is 14.5 Å². The van der Waals surface area contributed by atoms with Crippen LogP contribution >= 0.6 is 0 Å². The minimum atomic E-state index is 0.101. The Hall–Kier alpha value is -3.30. The molecule has 0 amide bonds. The van der Waals surface area contributed by atoms with Crippen LogP contribution in [-0.4, -0.2) is 84.7 Å². The van der Waals surface area contributed by atoms with E-state index in [2.05, 4.69) is 42.7 Å². The van der Waals surface area contributed by atoms with Crippen molar-refractivity contribution in [3.8, 4) is 0 Å². The summed E-state index contributed by atoms with van der Waals surface area (Å²) in [5.74, 6) is 0.118. The summed E-state index contributed by atoms with van der Waals surface area (Å²) in [6.07, 6.45) is 9.19. The summed E-state index contributed by atoms with van der Waals surface area (Å²) in [6, 6.07) is 10.6. The van der Waals surface area contributed by atoms with Crippen LogP contribution in [-0.2, 0) is 13.0 Å². The number of rotatable bonds is 8. The lowest BCUT2D eigenvalue weighted by Gasteiger charge is -2.15. The van der Waals surface area contributed by atoms with E-state index in [1.165, 1.54) is 37.0 Å². The van der Waals surface area contributed by atoms with Crippen LogP contribution < -0.4 is 0 Å². The Kier molecular flexibility index (Phi) is 5.72. The number of benzene rings is 1. The number of likely N-dealkylation sites (tertiary alicyclic amines) is 1. The summed E-state index contributed by atoms with van der Waals surface area (Å²) in [7, 11) is 0. The van der Waals surface area contributed by atoms with Crippen LogP contribution in [0.5, 0.6) is 0 Å². The Bertz CT molecular complexity index is 1320. The molecule has 176 valence electrons. The molecule has 9 nitrogen and oxygen atoms in total. The smallest absolute Gasteiger partial charge is 0.153 e. The number of aliphatic hydroxyl groups excluding tert-OH is 1. The molecule has 1 aromatic carbocycles. The van der Waals surface area contributed by atoms with E-state index in [0.29, 0.717) is 6.54 Å². The number of nitrogens with zero attached hydrogens (tertiary/aromatic N) is 8. The molecule has 1 atom stereocenters. The zero-order chi connectivity index (χ0) is 22.9. The van der Waals surface area contributed by atoms with Crippen molar-refractivity contribution in [2.24, 2.45) is 5.10 Å². The van der Waals surface area contributed by atoms with Crippen molar-refractivity contribution in [1.82, 2.24) is 34.1 Å². The highest BCUT2D eigenvalue weighted by atomic mass is 16.3. The van der Waals surface area contributed by atoms with Crippen LogP contribution in [0, 0.1) is 0 Å². The highest BCUT2D eigenvalue weighted by Gasteiger charge is 2.21. The van der Waals surface area contributed by atoms with Crippen molar-refractivity contribution >= 4 is 22.9 Å². The maximum Gasteiger partial charge on any atom is 0.153 e. The number of fused-ring (bicyclic) bond motifs is 2. The first-order chi connectivity index (χ1) is 16.8. The highest BCUT2D eigenvalue weighted by Crippen LogP contribution is 2.21. The van der Waals surface area contributed by atoms with Gasteiger partial charge in [0.2, 0.25) is 0 Å². The zero-order valence-electron chi connectivity index (χ0n) is 19.3. The Morgan fingerprint density at radius 2 is 1.91 bits per heavy atom. The second-order valence-electron chi connectivity index (χ2n) is 9.27. The van der Waals surface area contributed by atoms with Gasteiger partial charge in [0.1, 0.15) is 0 Å². The molecule has 2 aliphatic heterocycles. The zero-order valence-corrected chi connectivity index (χ0v) is 19.3. The molecule has 1 N–H and O–H groups in total. The Labute approximate surface area is 198 Å². The van der Waals surface area contributed by atoms with E-state index in [4.69, 9.17) is 5.10 Å². The average molecular weight is 459 g/mol. The predicted molar refractivity (Wildman–Crippen MR) is 131 cm³/mol. The number of imidazole rings is 2. The van der Waals surface area contributed by atoms with Gasteiger partial charge in [-0.3, -0.25) is 5.01 Å². The molecule has 5 heterocycles. The van der Waals surface area contributed by atoms with Crippen LogP contribution in [0.4, 0.5) is 0 Å². The summed E-state index contributed by atoms with van der Waals surface area (Å²) in [6.45, 7) is 5.86. The summed E-state index contributed by atoms with van der Waals surface area (Å²) in [5.41, 5.74) is 6.31. The molecule has 6 rings (SSSR count). The molecule has 34 heavy (non-hydrogen) atoms. The Balaban J connectivity index is 1.22. The molecule has 0 saturated carbocycles. The molecule has 0 spiro atoms. The van der Waals surface area contributed by atoms with Gasteiger partial charge in [0.25, 0.3) is 0 Å². The molecule has 0 bridgehead atoms. The molecule has 9 heteroatoms. The van der Waals surface area contributed by atoms with Gasteiger partial charge < -0.3 is 14.6 Å². The monoisotopic (exact) mass is 458 g/mol. The first-order valence-electron chi connectivity index (χ1n) is 12.2. The molecule has 1 unspecified atom stereocenters. The van der Waals surface area contributed by atoms with Crippen molar-refractivity contribution in [1.29, 1.82) is 0 Å². The van der Waals surface area contributed by atoms with Crippen molar-refractivity contribution in [3.05, 3.63) is 59.8 Å². The number of hydrogen-bond acceptors (Lipinski definition) is 7. The predicted octanol–water partition coefficient (Wildman–Crippen LogP) is 2.14. The number of aromatic nitrogens is 5. The molecular weight excluding hydrogens is 428 g/mol. The average Bonchev–Trinajstić information content (AvgIpc) is 3.65. The van der Waals surface area contributed by atoms with Gasteiger partial charge in [0.15, 0.2) is 5.65 Å². The second kappa shape index (κ2) is 9.15. The van der Waals surface area contributed by atoms with E-state index >= 15 is 0 Å². The normalized spacial score (nSPS) is 18.7. The maximum absolute atomic E-state index is 9.17. The Morgan fingerprint density at radius 1 is 1.00 bits per heavy atom. The van der Waals surface area contributed by atoms with Gasteiger partial charge in [-0.15, -0.1) is 0 Å². The van der Waals surface area contributed by atoms with Crippen LogP contribution in [0.15, 0.2) is 48.0 Å². The molecule has 2 aliphatic rings. The van der Waals surface area contributed by atoms with Gasteiger partial charge in [0, 0.05) is 32.3 Å². The third-order valence-corrected chi connectivity index (χ3v) is 6.94. The lowest BCUT2D eigenvalue weighted by Crippen LogP contribution is -2.23. The molecule has 1 saturated heterocycles. The molecule has 4 aromatic rings. The number of β-amino-alcohol motifs (C(OH)–C–C–N with tert-alkyl or cyclic N) is 1. The summed E-state index contributed by atoms with van der Waals surface area (Å²) in [4.78, 5) is 11.7. The van der Waals surface area contributed by atoms with Crippen LogP contribution in [0.3, 0.4) is 0 Å². The standard InChI is InChI=1S/C25H30N8O/c34-12-11-32-17-20(15-28-32)22-5-6-25-26-16-21(33(25)29-22)13-19-3-4-23-24(14-19)31(18-27-23)10-9-30-7-1-2-8-30/h3-6,14-16,18,20,34H,1-2,7-13,17H2. The SMILES string of the molecule is OCCN1CC(c2ccc3ncc(Cc4ccc5ncn(CCN6CCCC6)c5c4)n3n2)C=N1. The fourth-order valence-corrected chi connectivity index (χ4v) is 5.04. The van der Waals surface area contributed by atoms with Crippen molar-refractivity contribution in [2.45, 2.75) is 31.7 Å². The minimum absolute atomic E-state index is 0.101. The van der Waals surface area contributed by atoms with Crippen LogP contribution in [0.2, 0.25) is 0 Å². The number of hydrazone groups is 1. The quantitative estimate of drug-likeness (QED) is 0.435. The minimum Gasteiger partial charge on any atom is -0.394 e. The van der Waals surface area contributed by atoms with Crippen molar-refractivity contribution in [3.63, 3.8) is 0 Å². The highest BCUT2D eigenvalue weighted by molar-refractivity contribution is 5.76. The van der Waals surface area contributed by atoms with E-state index in [0.717, 1.165) is 48.6 Å². The molecule has 0 aliphatic carbocycles. The fourth-order valence-electron chi connectivity index (χ4n) is 5.04. The largest absolute Gasteiger partial charge is 0.394 e. The molecular formula is C25H30N8O. The first-order valence-corrected chi connectivity index (χ1v) is 12.2. The van der Waals surface area contributed by atoms with Crippen molar-refractivity contribution in [2.75, 3.05) is 39.3 Å². The van der Waals surface area contributed by atoms with Crippen molar-refractivity contribution < 1.29 is 5.11 Å². The van der Waals surface area contributed by atoms with E-state index in [-0.39, 0.29) is 12.5 Å².